The SMILES string of the molecule is CCCCCOc1cccc(C2/C(=C(\O)c3nc4c(C)cccn4c3C)C(=O)C(=O)N2CCCN2CCOCC2)c1. The second-order valence-electron chi connectivity index (χ2n) is 10.9. The normalized spacial score (nSPS) is 19.4. The fraction of sp³-hybridized carbons (Fsp3) is 0.469. The molecule has 0 saturated carbocycles. The summed E-state index contributed by atoms with van der Waals surface area (Å²) in [5.41, 5.74) is 3.44. The summed E-state index contributed by atoms with van der Waals surface area (Å²) < 4.78 is 13.4. The first kappa shape index (κ1) is 28.8. The van der Waals surface area contributed by atoms with Crippen molar-refractivity contribution in [3.05, 3.63) is 70.7 Å². The molecule has 5 rings (SSSR count). The summed E-state index contributed by atoms with van der Waals surface area (Å²) in [6.45, 7) is 10.8. The number of aromatic nitrogens is 2. The zero-order chi connectivity index (χ0) is 28.9. The number of hydrogen-bond acceptors (Lipinski definition) is 7. The summed E-state index contributed by atoms with van der Waals surface area (Å²) in [5, 5.41) is 11.7. The zero-order valence-electron chi connectivity index (χ0n) is 24.3. The summed E-state index contributed by atoms with van der Waals surface area (Å²) in [7, 11) is 0. The van der Waals surface area contributed by atoms with E-state index in [0.29, 0.717) is 55.6 Å². The Hall–Kier alpha value is -3.69. The molecule has 3 aromatic rings. The van der Waals surface area contributed by atoms with Gasteiger partial charge in [-0.15, -0.1) is 0 Å². The van der Waals surface area contributed by atoms with Crippen LogP contribution in [0.25, 0.3) is 11.4 Å². The van der Waals surface area contributed by atoms with Gasteiger partial charge in [0.1, 0.15) is 17.1 Å². The van der Waals surface area contributed by atoms with E-state index in [2.05, 4.69) is 11.8 Å². The Bertz CT molecular complexity index is 1440. The van der Waals surface area contributed by atoms with Gasteiger partial charge < -0.3 is 23.9 Å². The number of aliphatic hydroxyl groups excluding tert-OH is 1. The maximum Gasteiger partial charge on any atom is 0.295 e. The number of rotatable bonds is 11. The first-order valence-electron chi connectivity index (χ1n) is 14.7. The van der Waals surface area contributed by atoms with E-state index in [1.807, 2.05) is 60.8 Å². The fourth-order valence-electron chi connectivity index (χ4n) is 5.74. The summed E-state index contributed by atoms with van der Waals surface area (Å²) in [4.78, 5) is 35.7. The third-order valence-electron chi connectivity index (χ3n) is 8.02. The highest BCUT2D eigenvalue weighted by Crippen LogP contribution is 2.40. The second kappa shape index (κ2) is 12.9. The molecule has 2 fully saturated rings. The Kier molecular flexibility index (Phi) is 9.05. The van der Waals surface area contributed by atoms with E-state index in [1.165, 1.54) is 0 Å². The minimum atomic E-state index is -0.746. The van der Waals surface area contributed by atoms with Crippen LogP contribution in [0.15, 0.2) is 48.2 Å². The number of aryl methyl sites for hydroxylation is 2. The largest absolute Gasteiger partial charge is 0.505 e. The van der Waals surface area contributed by atoms with Crippen LogP contribution in [0.3, 0.4) is 0 Å². The number of morpholine rings is 1. The highest BCUT2D eigenvalue weighted by Gasteiger charge is 2.46. The molecule has 1 unspecified atom stereocenters. The third kappa shape index (κ3) is 6.01. The van der Waals surface area contributed by atoms with Crippen LogP contribution in [-0.2, 0) is 14.3 Å². The number of likely N-dealkylation sites (tertiary alicyclic amines) is 1. The lowest BCUT2D eigenvalue weighted by molar-refractivity contribution is -0.140. The van der Waals surface area contributed by atoms with Gasteiger partial charge >= 0.3 is 0 Å². The number of fused-ring (bicyclic) bond motifs is 1. The van der Waals surface area contributed by atoms with Crippen molar-refractivity contribution < 1.29 is 24.2 Å². The Morgan fingerprint density at radius 2 is 1.88 bits per heavy atom. The molecule has 2 aliphatic rings. The first-order chi connectivity index (χ1) is 19.9. The maximum absolute atomic E-state index is 13.6. The number of imidazole rings is 1. The summed E-state index contributed by atoms with van der Waals surface area (Å²) in [6, 6.07) is 10.6. The number of hydrogen-bond donors (Lipinski definition) is 1. The molecule has 0 radical (unpaired) electrons. The lowest BCUT2D eigenvalue weighted by Gasteiger charge is -2.29. The van der Waals surface area contributed by atoms with Gasteiger partial charge in [0.05, 0.1) is 37.1 Å². The van der Waals surface area contributed by atoms with Crippen molar-refractivity contribution >= 4 is 23.1 Å². The van der Waals surface area contributed by atoms with E-state index in [-0.39, 0.29) is 11.3 Å². The van der Waals surface area contributed by atoms with E-state index in [1.54, 1.807) is 4.90 Å². The van der Waals surface area contributed by atoms with Crippen LogP contribution >= 0.6 is 0 Å². The van der Waals surface area contributed by atoms with Crippen molar-refractivity contribution in [3.63, 3.8) is 0 Å². The van der Waals surface area contributed by atoms with Crippen molar-refractivity contribution in [1.29, 1.82) is 0 Å². The minimum absolute atomic E-state index is 0.0636. The molecule has 0 bridgehead atoms. The predicted octanol–water partition coefficient (Wildman–Crippen LogP) is 4.66. The smallest absolute Gasteiger partial charge is 0.295 e. The molecule has 41 heavy (non-hydrogen) atoms. The predicted molar refractivity (Wildman–Crippen MR) is 157 cm³/mol. The number of amides is 1. The molecule has 218 valence electrons. The monoisotopic (exact) mass is 560 g/mol. The zero-order valence-corrected chi connectivity index (χ0v) is 24.3. The molecule has 2 saturated heterocycles. The van der Waals surface area contributed by atoms with Gasteiger partial charge in [-0.05, 0) is 56.0 Å². The molecular weight excluding hydrogens is 520 g/mol. The molecule has 1 amide bonds. The van der Waals surface area contributed by atoms with Crippen molar-refractivity contribution in [2.45, 2.75) is 52.5 Å². The Balaban J connectivity index is 1.52. The van der Waals surface area contributed by atoms with Gasteiger partial charge in [0, 0.05) is 32.4 Å². The number of nitrogens with zero attached hydrogens (tertiary/aromatic N) is 4. The van der Waals surface area contributed by atoms with Crippen LogP contribution in [-0.4, -0.2) is 82.0 Å². The minimum Gasteiger partial charge on any atom is -0.505 e. The van der Waals surface area contributed by atoms with Crippen LogP contribution < -0.4 is 4.74 Å². The van der Waals surface area contributed by atoms with Gasteiger partial charge in [-0.1, -0.05) is 38.0 Å². The molecule has 2 aliphatic heterocycles. The third-order valence-corrected chi connectivity index (χ3v) is 8.02. The van der Waals surface area contributed by atoms with Crippen LogP contribution in [0.4, 0.5) is 0 Å². The topological polar surface area (TPSA) is 96.6 Å². The molecule has 9 nitrogen and oxygen atoms in total. The number of carbonyl (C=O) groups is 2. The lowest BCUT2D eigenvalue weighted by atomic mass is 9.96. The number of carbonyl (C=O) groups excluding carboxylic acids is 2. The average molecular weight is 561 g/mol. The molecule has 1 atom stereocenters. The average Bonchev–Trinajstić information content (AvgIpc) is 3.46. The number of ketones is 1. The summed E-state index contributed by atoms with van der Waals surface area (Å²) in [6.07, 6.45) is 5.71. The highest BCUT2D eigenvalue weighted by atomic mass is 16.5. The molecule has 0 spiro atoms. The van der Waals surface area contributed by atoms with Crippen LogP contribution in [0.5, 0.6) is 5.75 Å². The molecule has 4 heterocycles. The van der Waals surface area contributed by atoms with Crippen molar-refractivity contribution in [2.24, 2.45) is 0 Å². The van der Waals surface area contributed by atoms with Gasteiger partial charge in [-0.3, -0.25) is 14.5 Å². The van der Waals surface area contributed by atoms with E-state index in [4.69, 9.17) is 14.5 Å². The number of benzene rings is 1. The second-order valence-corrected chi connectivity index (χ2v) is 10.9. The molecule has 0 aliphatic carbocycles. The Labute approximate surface area is 241 Å². The van der Waals surface area contributed by atoms with Gasteiger partial charge in [0.2, 0.25) is 0 Å². The standard InChI is InChI=1S/C32H40N4O5/c1-4-5-6-18-41-25-12-7-11-24(21-25)28-26(29(37)27-23(3)35-14-8-10-22(2)31(35)33-27)30(38)32(39)36(28)15-9-13-34-16-19-40-20-17-34/h7-8,10-12,14,21,28,37H,4-6,9,13,15-20H2,1-3H3/b29-26+. The maximum atomic E-state index is 13.6. The molecule has 9 heteroatoms. The van der Waals surface area contributed by atoms with E-state index < -0.39 is 17.7 Å². The van der Waals surface area contributed by atoms with Gasteiger partial charge in [0.15, 0.2) is 5.76 Å². The molecular formula is C32H40N4O5. The number of pyridine rings is 1. The van der Waals surface area contributed by atoms with Crippen molar-refractivity contribution in [1.82, 2.24) is 19.2 Å². The summed E-state index contributed by atoms with van der Waals surface area (Å²) in [5.74, 6) is -0.873. The molecule has 1 aromatic carbocycles. The van der Waals surface area contributed by atoms with Crippen LogP contribution in [0.1, 0.15) is 61.2 Å². The van der Waals surface area contributed by atoms with E-state index >= 15 is 0 Å². The van der Waals surface area contributed by atoms with Crippen molar-refractivity contribution in [3.8, 4) is 5.75 Å². The number of aliphatic hydroxyl groups is 1. The fourth-order valence-corrected chi connectivity index (χ4v) is 5.74. The number of ether oxygens (including phenoxy) is 2. The van der Waals surface area contributed by atoms with Gasteiger partial charge in [-0.2, -0.15) is 0 Å². The lowest BCUT2D eigenvalue weighted by Crippen LogP contribution is -2.38. The first-order valence-corrected chi connectivity index (χ1v) is 14.7. The molecule has 2 aromatic heterocycles. The Morgan fingerprint density at radius 3 is 2.63 bits per heavy atom. The van der Waals surface area contributed by atoms with E-state index in [0.717, 1.165) is 50.0 Å². The van der Waals surface area contributed by atoms with Gasteiger partial charge in [-0.25, -0.2) is 4.98 Å². The summed E-state index contributed by atoms with van der Waals surface area (Å²) >= 11 is 0. The number of unbranched alkanes of at least 4 members (excludes halogenated alkanes) is 2. The molecule has 1 N–H and O–H groups in total. The van der Waals surface area contributed by atoms with Crippen LogP contribution in [0.2, 0.25) is 0 Å². The Morgan fingerprint density at radius 1 is 1.07 bits per heavy atom. The van der Waals surface area contributed by atoms with E-state index in [9.17, 15) is 14.7 Å². The van der Waals surface area contributed by atoms with Crippen LogP contribution in [0, 0.1) is 13.8 Å². The quantitative estimate of drug-likeness (QED) is 0.158. The highest BCUT2D eigenvalue weighted by molar-refractivity contribution is 6.46. The van der Waals surface area contributed by atoms with Crippen molar-refractivity contribution in [2.75, 3.05) is 46.0 Å². The number of Topliss-reactive ketones (excluding diaryl/α,β-unsaturated/α-hetero) is 1. The van der Waals surface area contributed by atoms with Gasteiger partial charge in [0.25, 0.3) is 11.7 Å².